The first-order chi connectivity index (χ1) is 8.60. The summed E-state index contributed by atoms with van der Waals surface area (Å²) < 4.78 is 4.52. The molecule has 2 aromatic rings. The van der Waals surface area contributed by atoms with Gasteiger partial charge in [-0.05, 0) is 25.1 Å². The predicted molar refractivity (Wildman–Crippen MR) is 69.7 cm³/mol. The van der Waals surface area contributed by atoms with Gasteiger partial charge in [-0.25, -0.2) is 9.78 Å². The zero-order valence-corrected chi connectivity index (χ0v) is 10.2. The quantitative estimate of drug-likeness (QED) is 0.641. The Morgan fingerprint density at radius 1 is 1.44 bits per heavy atom. The van der Waals surface area contributed by atoms with Crippen LogP contribution in [0.4, 0.5) is 5.82 Å². The highest BCUT2D eigenvalue weighted by atomic mass is 16.5. The lowest BCUT2D eigenvalue weighted by atomic mass is 10.1. The first-order valence-corrected chi connectivity index (χ1v) is 5.39. The smallest absolute Gasteiger partial charge is 0.330 e. The average Bonchev–Trinajstić information content (AvgIpc) is 2.36. The van der Waals surface area contributed by atoms with Crippen LogP contribution in [0.1, 0.15) is 11.3 Å². The van der Waals surface area contributed by atoms with Crippen LogP contribution >= 0.6 is 0 Å². The van der Waals surface area contributed by atoms with Crippen LogP contribution in [-0.4, -0.2) is 23.0 Å². The van der Waals surface area contributed by atoms with Gasteiger partial charge >= 0.3 is 5.97 Å². The second-order valence-electron chi connectivity index (χ2n) is 3.84. The third-order valence-corrected chi connectivity index (χ3v) is 2.50. The van der Waals surface area contributed by atoms with Gasteiger partial charge in [0.25, 0.3) is 0 Å². The van der Waals surface area contributed by atoms with E-state index in [4.69, 9.17) is 5.73 Å². The molecular weight excluding hydrogens is 230 g/mol. The number of hydrogen-bond donors (Lipinski definition) is 1. The molecule has 0 radical (unpaired) electrons. The largest absolute Gasteiger partial charge is 0.466 e. The number of rotatable bonds is 2. The van der Waals surface area contributed by atoms with Gasteiger partial charge in [0.1, 0.15) is 5.82 Å². The molecule has 0 atom stereocenters. The predicted octanol–water partition coefficient (Wildman–Crippen LogP) is 1.71. The number of hydrogen-bond acceptors (Lipinski definition) is 5. The Balaban J connectivity index is 2.48. The van der Waals surface area contributed by atoms with E-state index in [1.807, 2.05) is 19.1 Å². The number of aryl methyl sites for hydroxylation is 1. The number of aromatic nitrogens is 2. The van der Waals surface area contributed by atoms with Gasteiger partial charge in [-0.2, -0.15) is 0 Å². The fourth-order valence-electron chi connectivity index (χ4n) is 1.58. The minimum atomic E-state index is -0.430. The van der Waals surface area contributed by atoms with E-state index in [0.29, 0.717) is 11.4 Å². The summed E-state index contributed by atoms with van der Waals surface area (Å²) in [4.78, 5) is 19.4. The molecule has 5 heteroatoms. The zero-order chi connectivity index (χ0) is 13.1. The molecular formula is C13H13N3O2. The Bertz CT molecular complexity index is 635. The molecule has 2 rings (SSSR count). The molecule has 2 aromatic heterocycles. The lowest BCUT2D eigenvalue weighted by Crippen LogP contribution is -1.97. The van der Waals surface area contributed by atoms with Crippen molar-refractivity contribution in [3.8, 4) is 0 Å². The number of ether oxygens (including phenoxy) is 1. The van der Waals surface area contributed by atoms with Gasteiger partial charge in [0.05, 0.1) is 18.8 Å². The average molecular weight is 243 g/mol. The minimum absolute atomic E-state index is 0.355. The number of esters is 1. The summed E-state index contributed by atoms with van der Waals surface area (Å²) in [7, 11) is 1.32. The Morgan fingerprint density at radius 2 is 2.22 bits per heavy atom. The van der Waals surface area contributed by atoms with Crippen LogP contribution < -0.4 is 5.73 Å². The molecule has 0 fully saturated rings. The van der Waals surface area contributed by atoms with E-state index >= 15 is 0 Å². The van der Waals surface area contributed by atoms with Crippen LogP contribution in [-0.2, 0) is 9.53 Å². The fraction of sp³-hybridized carbons (Fsp3) is 0.154. The van der Waals surface area contributed by atoms with Crippen molar-refractivity contribution in [2.24, 2.45) is 0 Å². The molecule has 0 aliphatic carbocycles. The molecule has 2 N–H and O–H groups in total. The number of pyridine rings is 2. The van der Waals surface area contributed by atoms with Crippen LogP contribution in [0.15, 0.2) is 24.4 Å². The van der Waals surface area contributed by atoms with Gasteiger partial charge < -0.3 is 10.5 Å². The highest BCUT2D eigenvalue weighted by Gasteiger charge is 2.03. The van der Waals surface area contributed by atoms with Gasteiger partial charge in [0.15, 0.2) is 0 Å². The lowest BCUT2D eigenvalue weighted by molar-refractivity contribution is -0.134. The Hall–Kier alpha value is -2.43. The zero-order valence-electron chi connectivity index (χ0n) is 10.2. The van der Waals surface area contributed by atoms with Crippen molar-refractivity contribution < 1.29 is 9.53 Å². The monoisotopic (exact) mass is 243 g/mol. The summed E-state index contributed by atoms with van der Waals surface area (Å²) in [6, 6.07) is 3.78. The fourth-order valence-corrected chi connectivity index (χ4v) is 1.58. The number of fused-ring (bicyclic) bond motifs is 1. The minimum Gasteiger partial charge on any atom is -0.466 e. The molecule has 0 unspecified atom stereocenters. The third-order valence-electron chi connectivity index (χ3n) is 2.50. The van der Waals surface area contributed by atoms with Crippen molar-refractivity contribution in [2.75, 3.05) is 12.8 Å². The lowest BCUT2D eigenvalue weighted by Gasteiger charge is -2.03. The molecule has 5 nitrogen and oxygen atoms in total. The summed E-state index contributed by atoms with van der Waals surface area (Å²) in [5, 5.41) is 0.932. The third kappa shape index (κ3) is 2.45. The number of methoxy groups -OCH3 is 1. The van der Waals surface area contributed by atoms with E-state index in [1.54, 1.807) is 12.3 Å². The van der Waals surface area contributed by atoms with Gasteiger partial charge in [-0.1, -0.05) is 0 Å². The van der Waals surface area contributed by atoms with Crippen LogP contribution in [0.3, 0.4) is 0 Å². The van der Waals surface area contributed by atoms with Gasteiger partial charge in [0.2, 0.25) is 0 Å². The van der Waals surface area contributed by atoms with E-state index in [0.717, 1.165) is 16.6 Å². The summed E-state index contributed by atoms with van der Waals surface area (Å²) in [5.41, 5.74) is 8.12. The maximum Gasteiger partial charge on any atom is 0.330 e. The first kappa shape index (κ1) is 12.0. The molecule has 0 spiro atoms. The van der Waals surface area contributed by atoms with Crippen molar-refractivity contribution >= 4 is 28.8 Å². The molecule has 0 saturated heterocycles. The van der Waals surface area contributed by atoms with Crippen LogP contribution in [0, 0.1) is 6.92 Å². The summed E-state index contributed by atoms with van der Waals surface area (Å²) in [5.74, 6) is -0.0753. The topological polar surface area (TPSA) is 78.1 Å². The molecule has 0 saturated carbocycles. The summed E-state index contributed by atoms with van der Waals surface area (Å²) >= 11 is 0. The summed E-state index contributed by atoms with van der Waals surface area (Å²) in [6.07, 6.45) is 4.57. The van der Waals surface area contributed by atoms with Crippen molar-refractivity contribution in [1.82, 2.24) is 9.97 Å². The highest BCUT2D eigenvalue weighted by Crippen LogP contribution is 2.19. The number of nitrogen functional groups attached to an aromatic ring is 1. The van der Waals surface area contributed by atoms with Gasteiger partial charge in [-0.15, -0.1) is 0 Å². The molecule has 0 amide bonds. The second-order valence-corrected chi connectivity index (χ2v) is 3.84. The van der Waals surface area contributed by atoms with E-state index in [2.05, 4.69) is 14.7 Å². The highest BCUT2D eigenvalue weighted by molar-refractivity contribution is 5.90. The maximum absolute atomic E-state index is 11.0. The molecule has 2 heterocycles. The molecule has 0 aromatic carbocycles. The van der Waals surface area contributed by atoms with E-state index in [1.165, 1.54) is 13.2 Å². The second kappa shape index (κ2) is 4.83. The standard InChI is InChI=1S/C13H13N3O2/c1-8-5-10-6-9(3-4-12(17)18-2)13(14)16-11(10)7-15-8/h3-7H,1-2H3,(H2,14,16)/b4-3+. The SMILES string of the molecule is COC(=O)/C=C/c1cc2cc(C)ncc2nc1N. The van der Waals surface area contributed by atoms with Crippen molar-refractivity contribution in [3.05, 3.63) is 35.7 Å². The first-order valence-electron chi connectivity index (χ1n) is 5.39. The number of carbonyl (C=O) groups excluding carboxylic acids is 1. The Labute approximate surface area is 104 Å². The molecule has 0 aliphatic heterocycles. The van der Waals surface area contributed by atoms with Crippen LogP contribution in [0.5, 0.6) is 0 Å². The summed E-state index contributed by atoms with van der Waals surface area (Å²) in [6.45, 7) is 1.90. The normalized spacial score (nSPS) is 11.0. The molecule has 92 valence electrons. The van der Waals surface area contributed by atoms with Crippen LogP contribution in [0.25, 0.3) is 17.0 Å². The Kier molecular flexibility index (Phi) is 3.23. The molecule has 0 aliphatic rings. The molecule has 18 heavy (non-hydrogen) atoms. The van der Waals surface area contributed by atoms with E-state index in [-0.39, 0.29) is 0 Å². The van der Waals surface area contributed by atoms with Crippen molar-refractivity contribution in [3.63, 3.8) is 0 Å². The number of nitrogens with two attached hydrogens (primary N) is 1. The Morgan fingerprint density at radius 3 is 2.94 bits per heavy atom. The maximum atomic E-state index is 11.0. The number of carbonyl (C=O) groups is 1. The number of anilines is 1. The van der Waals surface area contributed by atoms with Gasteiger partial charge in [-0.3, -0.25) is 4.98 Å². The van der Waals surface area contributed by atoms with Crippen LogP contribution in [0.2, 0.25) is 0 Å². The van der Waals surface area contributed by atoms with Crippen molar-refractivity contribution in [2.45, 2.75) is 6.92 Å². The van der Waals surface area contributed by atoms with E-state index < -0.39 is 5.97 Å². The number of nitrogens with zero attached hydrogens (tertiary/aromatic N) is 2. The van der Waals surface area contributed by atoms with Gasteiger partial charge in [0, 0.05) is 22.7 Å². The molecule has 0 bridgehead atoms. The van der Waals surface area contributed by atoms with Crippen molar-refractivity contribution in [1.29, 1.82) is 0 Å². The van der Waals surface area contributed by atoms with E-state index in [9.17, 15) is 4.79 Å².